The molecule has 0 aliphatic carbocycles. The molecule has 2 aromatic carbocycles. The molecule has 3 aromatic rings. The van der Waals surface area contributed by atoms with Crippen LogP contribution in [0.2, 0.25) is 0 Å². The summed E-state index contributed by atoms with van der Waals surface area (Å²) in [7, 11) is 0. The molecule has 0 saturated carbocycles. The highest BCUT2D eigenvalue weighted by atomic mass is 19.1. The van der Waals surface area contributed by atoms with Crippen molar-refractivity contribution in [2.45, 2.75) is 25.8 Å². The number of benzene rings is 2. The fourth-order valence-electron chi connectivity index (χ4n) is 4.11. The van der Waals surface area contributed by atoms with Crippen molar-refractivity contribution >= 4 is 16.8 Å². The number of aromatic nitrogens is 1. The van der Waals surface area contributed by atoms with Gasteiger partial charge in [-0.25, -0.2) is 8.78 Å². The predicted molar refractivity (Wildman–Crippen MR) is 113 cm³/mol. The van der Waals surface area contributed by atoms with Crippen molar-refractivity contribution in [2.24, 2.45) is 5.92 Å². The molecule has 0 atom stereocenters. The fraction of sp³-hybridized carbons (Fsp3) is 0.333. The minimum Gasteiger partial charge on any atom is -0.356 e. The number of piperidine rings is 1. The van der Waals surface area contributed by atoms with Gasteiger partial charge in [0.1, 0.15) is 11.6 Å². The van der Waals surface area contributed by atoms with Crippen LogP contribution in [-0.2, 0) is 17.8 Å². The molecule has 4 rings (SSSR count). The van der Waals surface area contributed by atoms with Gasteiger partial charge in [0.25, 0.3) is 0 Å². The summed E-state index contributed by atoms with van der Waals surface area (Å²) in [4.78, 5) is 19.1. The van der Waals surface area contributed by atoms with Crippen molar-refractivity contribution in [1.29, 1.82) is 0 Å². The molecule has 4 nitrogen and oxygen atoms in total. The summed E-state index contributed by atoms with van der Waals surface area (Å²) in [5, 5.41) is 3.74. The maximum atomic E-state index is 14.0. The van der Waals surface area contributed by atoms with Crippen molar-refractivity contribution in [2.75, 3.05) is 19.6 Å². The van der Waals surface area contributed by atoms with Crippen LogP contribution in [0.5, 0.6) is 0 Å². The highest BCUT2D eigenvalue weighted by Crippen LogP contribution is 2.23. The quantitative estimate of drug-likeness (QED) is 0.667. The largest absolute Gasteiger partial charge is 0.356 e. The smallest absolute Gasteiger partial charge is 0.223 e. The molecule has 1 N–H and O–H groups in total. The molecule has 1 amide bonds. The van der Waals surface area contributed by atoms with E-state index >= 15 is 0 Å². The summed E-state index contributed by atoms with van der Waals surface area (Å²) in [5.74, 6) is -0.498. The zero-order chi connectivity index (χ0) is 20.9. The number of halogens is 2. The van der Waals surface area contributed by atoms with E-state index in [2.05, 4.69) is 15.2 Å². The molecular formula is C24H25F2N3O. The summed E-state index contributed by atoms with van der Waals surface area (Å²) in [6, 6.07) is 13.4. The number of carbonyl (C=O) groups excluding carboxylic acids is 1. The van der Waals surface area contributed by atoms with Crippen LogP contribution < -0.4 is 5.32 Å². The fourth-order valence-corrected chi connectivity index (χ4v) is 4.11. The summed E-state index contributed by atoms with van der Waals surface area (Å²) in [6.45, 7) is 2.60. The number of nitrogens with zero attached hydrogens (tertiary/aromatic N) is 2. The van der Waals surface area contributed by atoms with Crippen LogP contribution in [0.3, 0.4) is 0 Å². The van der Waals surface area contributed by atoms with Crippen molar-refractivity contribution in [3.05, 3.63) is 77.5 Å². The van der Waals surface area contributed by atoms with Gasteiger partial charge >= 0.3 is 0 Å². The Bertz CT molecular complexity index is 1030. The second kappa shape index (κ2) is 9.30. The number of hydrogen-bond acceptors (Lipinski definition) is 3. The minimum absolute atomic E-state index is 0.0314. The average molecular weight is 409 g/mol. The summed E-state index contributed by atoms with van der Waals surface area (Å²) >= 11 is 0. The topological polar surface area (TPSA) is 45.2 Å². The lowest BCUT2D eigenvalue weighted by Gasteiger charge is -2.31. The molecule has 2 heterocycles. The van der Waals surface area contributed by atoms with Gasteiger partial charge in [0.2, 0.25) is 5.91 Å². The Morgan fingerprint density at radius 2 is 1.87 bits per heavy atom. The van der Waals surface area contributed by atoms with E-state index < -0.39 is 0 Å². The first kappa shape index (κ1) is 20.4. The monoisotopic (exact) mass is 409 g/mol. The molecule has 1 aliphatic rings. The maximum absolute atomic E-state index is 14.0. The third-order valence-electron chi connectivity index (χ3n) is 5.75. The van der Waals surface area contributed by atoms with Crippen LogP contribution >= 0.6 is 0 Å². The third-order valence-corrected chi connectivity index (χ3v) is 5.75. The Morgan fingerprint density at radius 3 is 2.67 bits per heavy atom. The van der Waals surface area contributed by atoms with Gasteiger partial charge in [-0.3, -0.25) is 14.7 Å². The lowest BCUT2D eigenvalue weighted by molar-refractivity contribution is -0.126. The molecule has 30 heavy (non-hydrogen) atoms. The van der Waals surface area contributed by atoms with Crippen LogP contribution in [0.1, 0.15) is 24.0 Å². The maximum Gasteiger partial charge on any atom is 0.223 e. The molecule has 1 aromatic heterocycles. The van der Waals surface area contributed by atoms with Gasteiger partial charge < -0.3 is 5.32 Å². The highest BCUT2D eigenvalue weighted by Gasteiger charge is 2.25. The normalized spacial score (nSPS) is 15.4. The van der Waals surface area contributed by atoms with Gasteiger partial charge in [0.05, 0.1) is 5.52 Å². The molecule has 1 fully saturated rings. The lowest BCUT2D eigenvalue weighted by Crippen LogP contribution is -2.40. The predicted octanol–water partition coefficient (Wildman–Crippen LogP) is 4.08. The van der Waals surface area contributed by atoms with E-state index in [9.17, 15) is 13.6 Å². The van der Waals surface area contributed by atoms with Gasteiger partial charge in [0.15, 0.2) is 0 Å². The Kier molecular flexibility index (Phi) is 6.33. The zero-order valence-electron chi connectivity index (χ0n) is 16.8. The molecule has 0 unspecified atom stereocenters. The van der Waals surface area contributed by atoms with Gasteiger partial charge in [-0.1, -0.05) is 24.3 Å². The standard InChI is InChI=1S/C24H25F2N3O/c25-21-14-19-5-3-10-27-23(19)20(15-21)16-29-12-8-18(9-13-29)24(30)28-11-7-17-4-1-2-6-22(17)26/h1-6,10,14-15,18H,7-9,11-13,16H2,(H,28,30). The number of likely N-dealkylation sites (tertiary alicyclic amines) is 1. The first-order valence-corrected chi connectivity index (χ1v) is 10.4. The van der Waals surface area contributed by atoms with Gasteiger partial charge in [0, 0.05) is 30.6 Å². The number of rotatable bonds is 6. The Balaban J connectivity index is 1.28. The molecule has 0 bridgehead atoms. The Hall–Kier alpha value is -2.86. The van der Waals surface area contributed by atoms with Crippen LogP contribution in [0.4, 0.5) is 8.78 Å². The molecular weight excluding hydrogens is 384 g/mol. The van der Waals surface area contributed by atoms with Crippen molar-refractivity contribution in [3.8, 4) is 0 Å². The van der Waals surface area contributed by atoms with Crippen molar-refractivity contribution in [1.82, 2.24) is 15.2 Å². The van der Waals surface area contributed by atoms with Crippen LogP contribution in [-0.4, -0.2) is 35.4 Å². The summed E-state index contributed by atoms with van der Waals surface area (Å²) in [6.07, 6.45) is 3.72. The number of hydrogen-bond donors (Lipinski definition) is 1. The number of fused-ring (bicyclic) bond motifs is 1. The van der Waals surface area contributed by atoms with E-state index in [1.807, 2.05) is 12.1 Å². The average Bonchev–Trinajstić information content (AvgIpc) is 2.75. The van der Waals surface area contributed by atoms with Gasteiger partial charge in [-0.15, -0.1) is 0 Å². The SMILES string of the molecule is O=C(NCCc1ccccc1F)C1CCN(Cc2cc(F)cc3cccnc23)CC1. The molecule has 6 heteroatoms. The molecule has 1 saturated heterocycles. The zero-order valence-corrected chi connectivity index (χ0v) is 16.8. The van der Waals surface area contributed by atoms with E-state index in [0.29, 0.717) is 25.1 Å². The van der Waals surface area contributed by atoms with E-state index in [-0.39, 0.29) is 23.5 Å². The molecule has 0 radical (unpaired) electrons. The van der Waals surface area contributed by atoms with E-state index in [1.54, 1.807) is 30.5 Å². The summed E-state index contributed by atoms with van der Waals surface area (Å²) < 4.78 is 27.6. The Labute approximate surface area is 174 Å². The van der Waals surface area contributed by atoms with E-state index in [4.69, 9.17) is 0 Å². The molecule has 1 aliphatic heterocycles. The summed E-state index contributed by atoms with van der Waals surface area (Å²) in [5.41, 5.74) is 2.31. The highest BCUT2D eigenvalue weighted by molar-refractivity contribution is 5.81. The van der Waals surface area contributed by atoms with E-state index in [1.165, 1.54) is 12.1 Å². The van der Waals surface area contributed by atoms with Gasteiger partial charge in [-0.2, -0.15) is 0 Å². The Morgan fingerprint density at radius 1 is 1.07 bits per heavy atom. The number of nitrogens with one attached hydrogen (secondary N) is 1. The van der Waals surface area contributed by atoms with Crippen LogP contribution in [0.25, 0.3) is 10.9 Å². The molecule has 0 spiro atoms. The second-order valence-electron chi connectivity index (χ2n) is 7.82. The first-order valence-electron chi connectivity index (χ1n) is 10.4. The first-order chi connectivity index (χ1) is 14.6. The lowest BCUT2D eigenvalue weighted by atomic mass is 9.95. The minimum atomic E-state index is -0.255. The number of pyridine rings is 1. The second-order valence-corrected chi connectivity index (χ2v) is 7.82. The van der Waals surface area contributed by atoms with Crippen LogP contribution in [0, 0.1) is 17.6 Å². The number of amides is 1. The van der Waals surface area contributed by atoms with Gasteiger partial charge in [-0.05, 0) is 67.7 Å². The van der Waals surface area contributed by atoms with E-state index in [0.717, 1.165) is 42.4 Å². The number of carbonyl (C=O) groups is 1. The third kappa shape index (κ3) is 4.82. The molecule has 156 valence electrons. The van der Waals surface area contributed by atoms with Crippen LogP contribution in [0.15, 0.2) is 54.7 Å². The van der Waals surface area contributed by atoms with Crippen molar-refractivity contribution in [3.63, 3.8) is 0 Å². The van der Waals surface area contributed by atoms with Crippen molar-refractivity contribution < 1.29 is 13.6 Å².